The van der Waals surface area contributed by atoms with Crippen LogP contribution in [0.2, 0.25) is 0 Å². The Morgan fingerprint density at radius 2 is 1.71 bits per heavy atom. The maximum absolute atomic E-state index is 13.2. The number of rotatable bonds is 13. The van der Waals surface area contributed by atoms with Crippen LogP contribution >= 0.6 is 11.8 Å². The van der Waals surface area contributed by atoms with Gasteiger partial charge in [0.1, 0.15) is 6.04 Å². The van der Waals surface area contributed by atoms with Gasteiger partial charge in [0, 0.05) is 31.0 Å². The van der Waals surface area contributed by atoms with Crippen molar-refractivity contribution in [3.05, 3.63) is 71.3 Å². The Morgan fingerprint density at radius 1 is 1.00 bits per heavy atom. The van der Waals surface area contributed by atoms with E-state index < -0.39 is 6.04 Å². The predicted molar refractivity (Wildman–Crippen MR) is 131 cm³/mol. The van der Waals surface area contributed by atoms with Gasteiger partial charge in [-0.25, -0.2) is 0 Å². The van der Waals surface area contributed by atoms with E-state index in [9.17, 15) is 9.59 Å². The van der Waals surface area contributed by atoms with Crippen LogP contribution in [-0.2, 0) is 21.9 Å². The molecule has 0 aliphatic carbocycles. The number of aryl methyl sites for hydroxylation is 1. The van der Waals surface area contributed by atoms with Crippen molar-refractivity contribution in [2.45, 2.75) is 64.8 Å². The quantitative estimate of drug-likeness (QED) is 0.428. The highest BCUT2D eigenvalue weighted by molar-refractivity contribution is 7.98. The molecule has 0 spiro atoms. The minimum atomic E-state index is -0.440. The van der Waals surface area contributed by atoms with Crippen molar-refractivity contribution in [3.8, 4) is 0 Å². The van der Waals surface area contributed by atoms with E-state index >= 15 is 0 Å². The molecule has 0 radical (unpaired) electrons. The molecule has 0 aliphatic rings. The Morgan fingerprint density at radius 3 is 2.35 bits per heavy atom. The van der Waals surface area contributed by atoms with E-state index in [1.807, 2.05) is 44.2 Å². The SMILES string of the molecule is CCCCNC(=O)[C@H](CC)N(Cc1ccc(C)cc1)C(=O)CCSCc1ccccc1. The van der Waals surface area contributed by atoms with Crippen LogP contribution in [0.4, 0.5) is 0 Å². The van der Waals surface area contributed by atoms with Gasteiger partial charge in [0.2, 0.25) is 11.8 Å². The lowest BCUT2D eigenvalue weighted by Crippen LogP contribution is -2.49. The van der Waals surface area contributed by atoms with Crippen LogP contribution in [0.15, 0.2) is 54.6 Å². The fourth-order valence-electron chi connectivity index (χ4n) is 3.38. The topological polar surface area (TPSA) is 49.4 Å². The zero-order valence-electron chi connectivity index (χ0n) is 19.1. The van der Waals surface area contributed by atoms with Crippen molar-refractivity contribution in [1.29, 1.82) is 0 Å². The van der Waals surface area contributed by atoms with Gasteiger partial charge in [-0.2, -0.15) is 11.8 Å². The molecule has 31 heavy (non-hydrogen) atoms. The lowest BCUT2D eigenvalue weighted by molar-refractivity contribution is -0.141. The Labute approximate surface area is 191 Å². The predicted octanol–water partition coefficient (Wildman–Crippen LogP) is 5.34. The molecule has 4 nitrogen and oxygen atoms in total. The van der Waals surface area contributed by atoms with Gasteiger partial charge in [-0.3, -0.25) is 9.59 Å². The van der Waals surface area contributed by atoms with Crippen LogP contribution in [0.1, 0.15) is 56.2 Å². The first-order chi connectivity index (χ1) is 15.0. The number of nitrogens with zero attached hydrogens (tertiary/aromatic N) is 1. The van der Waals surface area contributed by atoms with E-state index in [1.165, 1.54) is 11.1 Å². The van der Waals surface area contributed by atoms with E-state index in [0.717, 1.165) is 29.9 Å². The highest BCUT2D eigenvalue weighted by Crippen LogP contribution is 2.17. The molecule has 0 unspecified atom stereocenters. The molecule has 2 aromatic rings. The minimum Gasteiger partial charge on any atom is -0.354 e. The fraction of sp³-hybridized carbons (Fsp3) is 0.462. The van der Waals surface area contributed by atoms with Crippen molar-refractivity contribution in [2.75, 3.05) is 12.3 Å². The highest BCUT2D eigenvalue weighted by atomic mass is 32.2. The van der Waals surface area contributed by atoms with Crippen LogP contribution in [0, 0.1) is 6.92 Å². The summed E-state index contributed by atoms with van der Waals surface area (Å²) in [5, 5.41) is 3.02. The van der Waals surface area contributed by atoms with Gasteiger partial charge < -0.3 is 10.2 Å². The maximum Gasteiger partial charge on any atom is 0.242 e. The molecule has 0 heterocycles. The summed E-state index contributed by atoms with van der Waals surface area (Å²) in [4.78, 5) is 27.8. The first-order valence-corrected chi connectivity index (χ1v) is 12.4. The smallest absolute Gasteiger partial charge is 0.242 e. The van der Waals surface area contributed by atoms with E-state index in [0.29, 0.717) is 25.9 Å². The van der Waals surface area contributed by atoms with Crippen molar-refractivity contribution < 1.29 is 9.59 Å². The second-order valence-corrected chi connectivity index (χ2v) is 8.97. The summed E-state index contributed by atoms with van der Waals surface area (Å²) in [6.45, 7) is 7.24. The molecule has 2 amide bonds. The van der Waals surface area contributed by atoms with Crippen LogP contribution < -0.4 is 5.32 Å². The van der Waals surface area contributed by atoms with Crippen LogP contribution in [0.25, 0.3) is 0 Å². The van der Waals surface area contributed by atoms with Gasteiger partial charge in [-0.05, 0) is 30.9 Å². The molecule has 0 fully saturated rings. The van der Waals surface area contributed by atoms with Gasteiger partial charge in [0.25, 0.3) is 0 Å². The normalized spacial score (nSPS) is 11.7. The second-order valence-electron chi connectivity index (χ2n) is 7.86. The Balaban J connectivity index is 2.02. The number of amides is 2. The first kappa shape index (κ1) is 25.0. The number of carbonyl (C=O) groups excluding carboxylic acids is 2. The average molecular weight is 441 g/mol. The number of nitrogens with one attached hydrogen (secondary N) is 1. The van der Waals surface area contributed by atoms with Crippen molar-refractivity contribution in [3.63, 3.8) is 0 Å². The summed E-state index contributed by atoms with van der Waals surface area (Å²) in [6.07, 6.45) is 3.01. The molecule has 2 aromatic carbocycles. The zero-order chi connectivity index (χ0) is 22.5. The molecule has 1 N–H and O–H groups in total. The average Bonchev–Trinajstić information content (AvgIpc) is 2.78. The molecule has 5 heteroatoms. The lowest BCUT2D eigenvalue weighted by atomic mass is 10.1. The largest absolute Gasteiger partial charge is 0.354 e. The maximum atomic E-state index is 13.2. The lowest BCUT2D eigenvalue weighted by Gasteiger charge is -2.30. The molecule has 0 bridgehead atoms. The number of hydrogen-bond donors (Lipinski definition) is 1. The van der Waals surface area contributed by atoms with Crippen molar-refractivity contribution in [1.82, 2.24) is 10.2 Å². The van der Waals surface area contributed by atoms with Gasteiger partial charge in [-0.15, -0.1) is 0 Å². The van der Waals surface area contributed by atoms with Gasteiger partial charge in [0.05, 0.1) is 0 Å². The zero-order valence-corrected chi connectivity index (χ0v) is 19.9. The summed E-state index contributed by atoms with van der Waals surface area (Å²) in [7, 11) is 0. The third kappa shape index (κ3) is 8.78. The Hall–Kier alpha value is -2.27. The number of thioether (sulfide) groups is 1. The third-order valence-electron chi connectivity index (χ3n) is 5.26. The summed E-state index contributed by atoms with van der Waals surface area (Å²) in [5.74, 6) is 1.62. The molecule has 0 aromatic heterocycles. The molecular weight excluding hydrogens is 404 g/mol. The summed E-state index contributed by atoms with van der Waals surface area (Å²) in [5.41, 5.74) is 3.50. The van der Waals surface area contributed by atoms with Crippen molar-refractivity contribution in [2.24, 2.45) is 0 Å². The van der Waals surface area contributed by atoms with Crippen LogP contribution in [-0.4, -0.2) is 35.1 Å². The summed E-state index contributed by atoms with van der Waals surface area (Å²) >= 11 is 1.76. The standard InChI is InChI=1S/C26H36N2O2S/c1-4-6-17-27-26(30)24(5-2)28(19-22-14-12-21(3)13-15-22)25(29)16-18-31-20-23-10-8-7-9-11-23/h7-15,24H,4-6,16-20H2,1-3H3,(H,27,30)/t24-/m0/s1. The second kappa shape index (κ2) is 13.9. The number of hydrogen-bond acceptors (Lipinski definition) is 3. The van der Waals surface area contributed by atoms with E-state index in [4.69, 9.17) is 0 Å². The number of benzene rings is 2. The van der Waals surface area contributed by atoms with Gasteiger partial charge in [0.15, 0.2) is 0 Å². The molecule has 0 aliphatic heterocycles. The monoisotopic (exact) mass is 440 g/mol. The fourth-order valence-corrected chi connectivity index (χ4v) is 4.27. The van der Waals surface area contributed by atoms with E-state index in [2.05, 4.69) is 36.5 Å². The van der Waals surface area contributed by atoms with Gasteiger partial charge >= 0.3 is 0 Å². The number of unbranched alkanes of at least 4 members (excludes halogenated alkanes) is 1. The molecular formula is C26H36N2O2S. The van der Waals surface area contributed by atoms with Crippen LogP contribution in [0.5, 0.6) is 0 Å². The molecule has 2 rings (SSSR count). The molecule has 1 atom stereocenters. The van der Waals surface area contributed by atoms with E-state index in [1.54, 1.807) is 16.7 Å². The number of carbonyl (C=O) groups is 2. The third-order valence-corrected chi connectivity index (χ3v) is 6.29. The van der Waals surface area contributed by atoms with Crippen molar-refractivity contribution >= 4 is 23.6 Å². The molecule has 0 saturated heterocycles. The summed E-state index contributed by atoms with van der Waals surface area (Å²) in [6, 6.07) is 18.0. The Kier molecular flexibility index (Phi) is 11.2. The Bertz CT molecular complexity index is 793. The van der Waals surface area contributed by atoms with Crippen LogP contribution in [0.3, 0.4) is 0 Å². The van der Waals surface area contributed by atoms with Gasteiger partial charge in [-0.1, -0.05) is 80.4 Å². The molecule has 0 saturated carbocycles. The minimum absolute atomic E-state index is 0.0404. The van der Waals surface area contributed by atoms with E-state index in [-0.39, 0.29) is 11.8 Å². The molecule has 168 valence electrons. The highest BCUT2D eigenvalue weighted by Gasteiger charge is 2.28. The summed E-state index contributed by atoms with van der Waals surface area (Å²) < 4.78 is 0. The first-order valence-electron chi connectivity index (χ1n) is 11.3.